The maximum absolute atomic E-state index is 11.9. The molecular formula is C28H40N2O. The summed E-state index contributed by atoms with van der Waals surface area (Å²) in [5.74, 6) is 0.258. The van der Waals surface area contributed by atoms with Crippen LogP contribution in [0, 0.1) is 0 Å². The second-order valence-electron chi connectivity index (χ2n) is 10.6. The fourth-order valence-corrected chi connectivity index (χ4v) is 7.08. The van der Waals surface area contributed by atoms with E-state index in [1.807, 2.05) is 0 Å². The summed E-state index contributed by atoms with van der Waals surface area (Å²) in [5.41, 5.74) is 2.54. The summed E-state index contributed by atoms with van der Waals surface area (Å²) in [6.45, 7) is 1.71. The van der Waals surface area contributed by atoms with Gasteiger partial charge in [-0.3, -0.25) is 9.69 Å². The van der Waals surface area contributed by atoms with E-state index in [9.17, 15) is 4.79 Å². The molecule has 1 aromatic carbocycles. The summed E-state index contributed by atoms with van der Waals surface area (Å²) in [7, 11) is 0. The molecule has 3 aliphatic rings. The standard InChI is InChI=1S/C28H40N2O/c1-21(31)17-22-20-29(28-14-10-9-13-27(22)28)26-18-24-15-16-25(19-26)30(24)23-11-7-5-3-2-4-6-8-12-23/h9-10,13-14,20,23-26H,2-8,11-12,15-19H2,1H3/t24-,25+,26+. The Balaban J connectivity index is 1.35. The number of hydrogen-bond donors (Lipinski definition) is 0. The molecule has 0 radical (unpaired) electrons. The topological polar surface area (TPSA) is 25.2 Å². The number of fused-ring (bicyclic) bond motifs is 3. The van der Waals surface area contributed by atoms with Gasteiger partial charge in [-0.05, 0) is 57.1 Å². The molecule has 2 saturated heterocycles. The third-order valence-corrected chi connectivity index (χ3v) is 8.42. The Morgan fingerprint density at radius 3 is 2.06 bits per heavy atom. The first-order chi connectivity index (χ1) is 15.2. The molecule has 168 valence electrons. The molecule has 1 aromatic heterocycles. The van der Waals surface area contributed by atoms with Gasteiger partial charge < -0.3 is 4.57 Å². The van der Waals surface area contributed by atoms with Crippen molar-refractivity contribution in [1.82, 2.24) is 9.47 Å². The minimum atomic E-state index is 0.258. The van der Waals surface area contributed by atoms with Crippen molar-refractivity contribution in [1.29, 1.82) is 0 Å². The van der Waals surface area contributed by atoms with E-state index in [2.05, 4.69) is 39.9 Å². The molecule has 3 atom stereocenters. The second kappa shape index (κ2) is 9.48. The number of ketones is 1. The number of carbonyl (C=O) groups excluding carboxylic acids is 1. The third kappa shape index (κ3) is 4.49. The highest BCUT2D eigenvalue weighted by atomic mass is 16.1. The van der Waals surface area contributed by atoms with Gasteiger partial charge in [0.2, 0.25) is 0 Å². The molecule has 1 aliphatic carbocycles. The van der Waals surface area contributed by atoms with Gasteiger partial charge in [0.25, 0.3) is 0 Å². The molecule has 0 unspecified atom stereocenters. The SMILES string of the molecule is CC(=O)Cc1cn([C@H]2C[C@H]3CC[C@@H](C2)N3C2CCCCCCCCC2)c2ccccc12. The number of Topliss-reactive ketones (excluding diaryl/α,β-unsaturated/α-hetero) is 1. The minimum Gasteiger partial charge on any atom is -0.344 e. The maximum Gasteiger partial charge on any atom is 0.134 e. The Bertz CT molecular complexity index is 876. The van der Waals surface area contributed by atoms with Crippen molar-refractivity contribution in [2.75, 3.05) is 0 Å². The lowest BCUT2D eigenvalue weighted by atomic mass is 9.90. The van der Waals surface area contributed by atoms with Crippen LogP contribution in [-0.2, 0) is 11.2 Å². The van der Waals surface area contributed by atoms with Crippen molar-refractivity contribution in [3.63, 3.8) is 0 Å². The molecule has 3 heteroatoms. The molecule has 0 spiro atoms. The summed E-state index contributed by atoms with van der Waals surface area (Å²) in [5, 5.41) is 1.28. The molecule has 0 N–H and O–H groups in total. The van der Waals surface area contributed by atoms with Crippen LogP contribution in [0.3, 0.4) is 0 Å². The zero-order valence-corrected chi connectivity index (χ0v) is 19.4. The smallest absolute Gasteiger partial charge is 0.134 e. The van der Waals surface area contributed by atoms with E-state index < -0.39 is 0 Å². The Morgan fingerprint density at radius 1 is 0.806 bits per heavy atom. The average molecular weight is 421 g/mol. The van der Waals surface area contributed by atoms with E-state index in [0.29, 0.717) is 12.5 Å². The van der Waals surface area contributed by atoms with E-state index in [1.54, 1.807) is 6.92 Å². The number of para-hydroxylation sites is 1. The molecule has 1 saturated carbocycles. The molecular weight excluding hydrogens is 380 g/mol. The van der Waals surface area contributed by atoms with Crippen LogP contribution in [0.15, 0.2) is 30.5 Å². The zero-order chi connectivity index (χ0) is 21.2. The first-order valence-electron chi connectivity index (χ1n) is 13.1. The summed E-state index contributed by atoms with van der Waals surface area (Å²) in [6, 6.07) is 11.7. The van der Waals surface area contributed by atoms with Gasteiger partial charge in [-0.25, -0.2) is 0 Å². The molecule has 2 aliphatic heterocycles. The highest BCUT2D eigenvalue weighted by Gasteiger charge is 2.44. The van der Waals surface area contributed by atoms with Gasteiger partial charge in [0, 0.05) is 47.7 Å². The molecule has 3 fully saturated rings. The number of piperidine rings is 1. The molecule has 0 amide bonds. The van der Waals surface area contributed by atoms with Crippen molar-refractivity contribution in [2.45, 2.75) is 121 Å². The number of benzene rings is 1. The first-order valence-corrected chi connectivity index (χ1v) is 13.1. The van der Waals surface area contributed by atoms with Gasteiger partial charge in [0.05, 0.1) is 0 Å². The van der Waals surface area contributed by atoms with E-state index in [1.165, 1.54) is 99.9 Å². The van der Waals surface area contributed by atoms with Crippen molar-refractivity contribution < 1.29 is 4.79 Å². The summed E-state index contributed by atoms with van der Waals surface area (Å²) in [4.78, 5) is 14.9. The Morgan fingerprint density at radius 2 is 1.42 bits per heavy atom. The lowest BCUT2D eigenvalue weighted by Gasteiger charge is -2.44. The van der Waals surface area contributed by atoms with Gasteiger partial charge in [-0.15, -0.1) is 0 Å². The summed E-state index contributed by atoms with van der Waals surface area (Å²) in [6.07, 6.45) is 21.2. The predicted molar refractivity (Wildman–Crippen MR) is 129 cm³/mol. The number of nitrogens with zero attached hydrogens (tertiary/aromatic N) is 2. The van der Waals surface area contributed by atoms with Crippen LogP contribution >= 0.6 is 0 Å². The third-order valence-electron chi connectivity index (χ3n) is 8.42. The number of hydrogen-bond acceptors (Lipinski definition) is 2. The van der Waals surface area contributed by atoms with Crippen molar-refractivity contribution in [2.24, 2.45) is 0 Å². The summed E-state index contributed by atoms with van der Waals surface area (Å²) < 4.78 is 2.55. The molecule has 5 rings (SSSR count). The molecule has 2 bridgehead atoms. The highest BCUT2D eigenvalue weighted by molar-refractivity contribution is 5.89. The minimum absolute atomic E-state index is 0.258. The van der Waals surface area contributed by atoms with Crippen LogP contribution in [-0.4, -0.2) is 33.4 Å². The van der Waals surface area contributed by atoms with Gasteiger partial charge >= 0.3 is 0 Å². The normalized spacial score (nSPS) is 28.7. The molecule has 3 nitrogen and oxygen atoms in total. The van der Waals surface area contributed by atoms with E-state index in [0.717, 1.165) is 18.1 Å². The largest absolute Gasteiger partial charge is 0.344 e. The predicted octanol–water partition coefficient (Wildman–Crippen LogP) is 6.83. The highest BCUT2D eigenvalue weighted by Crippen LogP contribution is 2.45. The number of carbonyl (C=O) groups is 1. The monoisotopic (exact) mass is 420 g/mol. The summed E-state index contributed by atoms with van der Waals surface area (Å²) >= 11 is 0. The van der Waals surface area contributed by atoms with Crippen molar-refractivity contribution >= 4 is 16.7 Å². The Kier molecular flexibility index (Phi) is 6.50. The number of aromatic nitrogens is 1. The van der Waals surface area contributed by atoms with Crippen LogP contribution in [0.5, 0.6) is 0 Å². The van der Waals surface area contributed by atoms with Crippen LogP contribution < -0.4 is 0 Å². The van der Waals surface area contributed by atoms with E-state index in [4.69, 9.17) is 0 Å². The number of rotatable bonds is 4. The van der Waals surface area contributed by atoms with Gasteiger partial charge in [0.15, 0.2) is 0 Å². The van der Waals surface area contributed by atoms with E-state index >= 15 is 0 Å². The van der Waals surface area contributed by atoms with Crippen LogP contribution in [0.1, 0.15) is 102 Å². The second-order valence-corrected chi connectivity index (χ2v) is 10.6. The quantitative estimate of drug-likeness (QED) is 0.541. The van der Waals surface area contributed by atoms with Crippen molar-refractivity contribution in [3.05, 3.63) is 36.0 Å². The lowest BCUT2D eigenvalue weighted by Crippen LogP contribution is -2.49. The zero-order valence-electron chi connectivity index (χ0n) is 19.4. The molecule has 3 heterocycles. The van der Waals surface area contributed by atoms with Gasteiger partial charge in [-0.2, -0.15) is 0 Å². The lowest BCUT2D eigenvalue weighted by molar-refractivity contribution is -0.116. The Labute approximate surface area is 188 Å². The average Bonchev–Trinajstić information content (AvgIpc) is 3.25. The van der Waals surface area contributed by atoms with Gasteiger partial charge in [0.1, 0.15) is 5.78 Å². The van der Waals surface area contributed by atoms with Crippen molar-refractivity contribution in [3.8, 4) is 0 Å². The molecule has 2 aromatic rings. The fourth-order valence-electron chi connectivity index (χ4n) is 7.08. The van der Waals surface area contributed by atoms with Gasteiger partial charge in [-0.1, -0.05) is 63.1 Å². The van der Waals surface area contributed by atoms with Crippen LogP contribution in [0.2, 0.25) is 0 Å². The Hall–Kier alpha value is -1.61. The first kappa shape index (κ1) is 21.2. The van der Waals surface area contributed by atoms with E-state index in [-0.39, 0.29) is 5.78 Å². The van der Waals surface area contributed by atoms with Crippen LogP contribution in [0.4, 0.5) is 0 Å². The molecule has 31 heavy (non-hydrogen) atoms. The van der Waals surface area contributed by atoms with Crippen LogP contribution in [0.25, 0.3) is 10.9 Å². The fraction of sp³-hybridized carbons (Fsp3) is 0.679. The maximum atomic E-state index is 11.9.